The van der Waals surface area contributed by atoms with Gasteiger partial charge in [-0.2, -0.15) is 0 Å². The van der Waals surface area contributed by atoms with Gasteiger partial charge in [0.25, 0.3) is 0 Å². The van der Waals surface area contributed by atoms with Gasteiger partial charge in [0, 0.05) is 6.92 Å². The van der Waals surface area contributed by atoms with Gasteiger partial charge in [0.1, 0.15) is 0 Å². The van der Waals surface area contributed by atoms with E-state index in [4.69, 9.17) is 0 Å². The van der Waals surface area contributed by atoms with Crippen LogP contribution < -0.4 is 0 Å². The van der Waals surface area contributed by atoms with Crippen LogP contribution in [-0.2, 0) is 14.3 Å². The standard InChI is InChI=1S/C14H18O3/c1-4-13(12-8-6-5-7-9-12)10(2)14(16)17-11(3)15/h5-10,13H,4H2,1-3H3. The average molecular weight is 234 g/mol. The Hall–Kier alpha value is -1.64. The van der Waals surface area contributed by atoms with E-state index in [-0.39, 0.29) is 11.8 Å². The van der Waals surface area contributed by atoms with E-state index >= 15 is 0 Å². The van der Waals surface area contributed by atoms with Gasteiger partial charge in [-0.1, -0.05) is 44.2 Å². The van der Waals surface area contributed by atoms with Crippen molar-refractivity contribution in [3.63, 3.8) is 0 Å². The van der Waals surface area contributed by atoms with Crippen molar-refractivity contribution in [3.8, 4) is 0 Å². The molecule has 0 N–H and O–H groups in total. The molecule has 0 aliphatic heterocycles. The van der Waals surface area contributed by atoms with Crippen LogP contribution in [-0.4, -0.2) is 11.9 Å². The Morgan fingerprint density at radius 1 is 1.24 bits per heavy atom. The van der Waals surface area contributed by atoms with E-state index < -0.39 is 11.9 Å². The molecule has 1 aromatic rings. The lowest BCUT2D eigenvalue weighted by molar-refractivity contribution is -0.161. The lowest BCUT2D eigenvalue weighted by Gasteiger charge is -2.21. The molecule has 1 aromatic carbocycles. The first-order valence-corrected chi connectivity index (χ1v) is 5.83. The van der Waals surface area contributed by atoms with Crippen molar-refractivity contribution in [2.45, 2.75) is 33.1 Å². The predicted molar refractivity (Wildman–Crippen MR) is 65.4 cm³/mol. The average Bonchev–Trinajstić information content (AvgIpc) is 2.30. The summed E-state index contributed by atoms with van der Waals surface area (Å²) in [7, 11) is 0. The molecule has 0 bridgehead atoms. The predicted octanol–water partition coefficient (Wildman–Crippen LogP) is 2.91. The lowest BCUT2D eigenvalue weighted by Crippen LogP contribution is -2.23. The zero-order valence-corrected chi connectivity index (χ0v) is 10.5. The van der Waals surface area contributed by atoms with E-state index in [1.54, 1.807) is 6.92 Å². The first-order valence-electron chi connectivity index (χ1n) is 5.83. The van der Waals surface area contributed by atoms with Gasteiger partial charge in [0.05, 0.1) is 5.92 Å². The van der Waals surface area contributed by atoms with E-state index in [0.717, 1.165) is 12.0 Å². The van der Waals surface area contributed by atoms with Crippen molar-refractivity contribution in [3.05, 3.63) is 35.9 Å². The minimum absolute atomic E-state index is 0.0862. The Balaban J connectivity index is 2.81. The quantitative estimate of drug-likeness (QED) is 0.594. The SMILES string of the molecule is CCC(c1ccccc1)C(C)C(=O)OC(C)=O. The van der Waals surface area contributed by atoms with E-state index in [1.807, 2.05) is 37.3 Å². The first-order chi connectivity index (χ1) is 8.06. The molecule has 0 amide bonds. The number of ether oxygens (including phenoxy) is 1. The summed E-state index contributed by atoms with van der Waals surface area (Å²) in [5.74, 6) is -1.23. The fraction of sp³-hybridized carbons (Fsp3) is 0.429. The number of benzene rings is 1. The molecule has 0 radical (unpaired) electrons. The molecule has 0 aromatic heterocycles. The molecule has 0 saturated heterocycles. The molecule has 92 valence electrons. The van der Waals surface area contributed by atoms with Crippen LogP contribution in [0.4, 0.5) is 0 Å². The highest BCUT2D eigenvalue weighted by molar-refractivity contribution is 5.85. The molecule has 0 aliphatic rings. The minimum Gasteiger partial charge on any atom is -0.393 e. The zero-order valence-electron chi connectivity index (χ0n) is 10.5. The Morgan fingerprint density at radius 3 is 2.29 bits per heavy atom. The van der Waals surface area contributed by atoms with Crippen LogP contribution >= 0.6 is 0 Å². The Morgan fingerprint density at radius 2 is 1.82 bits per heavy atom. The number of hydrogen-bond acceptors (Lipinski definition) is 3. The maximum atomic E-state index is 11.7. The molecule has 0 fully saturated rings. The van der Waals surface area contributed by atoms with Crippen LogP contribution in [0.15, 0.2) is 30.3 Å². The van der Waals surface area contributed by atoms with Gasteiger partial charge >= 0.3 is 11.9 Å². The molecular formula is C14H18O3. The van der Waals surface area contributed by atoms with Crippen LogP contribution in [0.1, 0.15) is 38.7 Å². The first kappa shape index (κ1) is 13.4. The normalized spacial score (nSPS) is 13.8. The van der Waals surface area contributed by atoms with E-state index in [9.17, 15) is 9.59 Å². The summed E-state index contributed by atoms with van der Waals surface area (Å²) in [6.07, 6.45) is 0.832. The van der Waals surface area contributed by atoms with Crippen molar-refractivity contribution in [2.75, 3.05) is 0 Å². The summed E-state index contributed by atoms with van der Waals surface area (Å²) in [5, 5.41) is 0. The molecular weight excluding hydrogens is 216 g/mol. The highest BCUT2D eigenvalue weighted by Crippen LogP contribution is 2.28. The van der Waals surface area contributed by atoms with Crippen molar-refractivity contribution in [1.82, 2.24) is 0 Å². The second-order valence-electron chi connectivity index (χ2n) is 4.13. The fourth-order valence-corrected chi connectivity index (χ4v) is 1.98. The molecule has 2 unspecified atom stereocenters. The zero-order chi connectivity index (χ0) is 12.8. The summed E-state index contributed by atoms with van der Waals surface area (Å²) >= 11 is 0. The van der Waals surface area contributed by atoms with Crippen molar-refractivity contribution in [1.29, 1.82) is 0 Å². The van der Waals surface area contributed by atoms with Crippen LogP contribution in [0.25, 0.3) is 0 Å². The molecule has 3 nitrogen and oxygen atoms in total. The van der Waals surface area contributed by atoms with E-state index in [1.165, 1.54) is 6.92 Å². The maximum Gasteiger partial charge on any atom is 0.316 e. The van der Waals surface area contributed by atoms with Crippen molar-refractivity contribution < 1.29 is 14.3 Å². The van der Waals surface area contributed by atoms with Gasteiger partial charge in [-0.05, 0) is 17.9 Å². The third kappa shape index (κ3) is 3.70. The molecule has 0 heterocycles. The number of hydrogen-bond donors (Lipinski definition) is 0. The summed E-state index contributed by atoms with van der Waals surface area (Å²) in [6, 6.07) is 9.81. The highest BCUT2D eigenvalue weighted by Gasteiger charge is 2.26. The smallest absolute Gasteiger partial charge is 0.316 e. The Bertz CT molecular complexity index is 384. The van der Waals surface area contributed by atoms with Crippen LogP contribution in [0.2, 0.25) is 0 Å². The van der Waals surface area contributed by atoms with Crippen molar-refractivity contribution >= 4 is 11.9 Å². The minimum atomic E-state index is -0.551. The van der Waals surface area contributed by atoms with Gasteiger partial charge in [-0.25, -0.2) is 0 Å². The third-order valence-corrected chi connectivity index (χ3v) is 2.89. The Labute approximate surface area is 102 Å². The third-order valence-electron chi connectivity index (χ3n) is 2.89. The summed E-state index contributed by atoms with van der Waals surface area (Å²) in [4.78, 5) is 22.4. The summed E-state index contributed by atoms with van der Waals surface area (Å²) in [5.41, 5.74) is 1.10. The van der Waals surface area contributed by atoms with Gasteiger partial charge in [-0.3, -0.25) is 9.59 Å². The number of rotatable bonds is 4. The fourth-order valence-electron chi connectivity index (χ4n) is 1.98. The molecule has 0 aliphatic carbocycles. The number of esters is 2. The van der Waals surface area contributed by atoms with E-state index in [2.05, 4.69) is 4.74 Å². The molecule has 1 rings (SSSR count). The lowest BCUT2D eigenvalue weighted by atomic mass is 9.85. The van der Waals surface area contributed by atoms with E-state index in [0.29, 0.717) is 0 Å². The summed E-state index contributed by atoms with van der Waals surface area (Å²) in [6.45, 7) is 5.07. The number of carbonyl (C=O) groups is 2. The summed E-state index contributed by atoms with van der Waals surface area (Å²) < 4.78 is 4.64. The van der Waals surface area contributed by atoms with Gasteiger partial charge in [0.15, 0.2) is 0 Å². The molecule has 0 saturated carbocycles. The molecule has 0 spiro atoms. The van der Waals surface area contributed by atoms with Gasteiger partial charge in [0.2, 0.25) is 0 Å². The Kier molecular flexibility index (Phi) is 4.88. The molecule has 2 atom stereocenters. The van der Waals surface area contributed by atoms with Gasteiger partial charge in [-0.15, -0.1) is 0 Å². The maximum absolute atomic E-state index is 11.7. The second-order valence-corrected chi connectivity index (χ2v) is 4.13. The monoisotopic (exact) mass is 234 g/mol. The van der Waals surface area contributed by atoms with Crippen LogP contribution in [0, 0.1) is 5.92 Å². The second kappa shape index (κ2) is 6.18. The molecule has 3 heteroatoms. The van der Waals surface area contributed by atoms with Gasteiger partial charge < -0.3 is 4.74 Å². The van der Waals surface area contributed by atoms with Crippen LogP contribution in [0.5, 0.6) is 0 Å². The number of carbonyl (C=O) groups excluding carboxylic acids is 2. The molecule has 17 heavy (non-hydrogen) atoms. The van der Waals surface area contributed by atoms with Crippen molar-refractivity contribution in [2.24, 2.45) is 5.92 Å². The highest BCUT2D eigenvalue weighted by atomic mass is 16.6. The topological polar surface area (TPSA) is 43.4 Å². The van der Waals surface area contributed by atoms with Crippen LogP contribution in [0.3, 0.4) is 0 Å². The largest absolute Gasteiger partial charge is 0.393 e.